The summed E-state index contributed by atoms with van der Waals surface area (Å²) in [4.78, 5) is 21.7. The zero-order valence-corrected chi connectivity index (χ0v) is 11.7. The van der Waals surface area contributed by atoms with Crippen LogP contribution < -0.4 is 5.73 Å². The van der Waals surface area contributed by atoms with E-state index in [4.69, 9.17) is 10.5 Å². The first kappa shape index (κ1) is 13.5. The number of pyridine rings is 1. The van der Waals surface area contributed by atoms with Gasteiger partial charge in [0.25, 0.3) is 0 Å². The first-order valence-electron chi connectivity index (χ1n) is 6.69. The van der Waals surface area contributed by atoms with E-state index in [0.29, 0.717) is 19.0 Å². The van der Waals surface area contributed by atoms with Crippen LogP contribution in [-0.4, -0.2) is 42.0 Å². The Morgan fingerprint density at radius 3 is 3.05 bits per heavy atom. The molecule has 0 spiro atoms. The fraction of sp³-hybridized carbons (Fsp3) is 0.267. The summed E-state index contributed by atoms with van der Waals surface area (Å²) in [6, 6.07) is 9.06. The Bertz CT molecular complexity index is 714. The van der Waals surface area contributed by atoms with Crippen molar-refractivity contribution in [2.45, 2.75) is 6.04 Å². The molecule has 6 heteroatoms. The van der Waals surface area contributed by atoms with Gasteiger partial charge in [-0.15, -0.1) is 0 Å². The fourth-order valence-corrected chi connectivity index (χ4v) is 2.54. The van der Waals surface area contributed by atoms with E-state index in [1.807, 2.05) is 30.3 Å². The van der Waals surface area contributed by atoms with Gasteiger partial charge in [0.05, 0.1) is 12.1 Å². The highest BCUT2D eigenvalue weighted by molar-refractivity contribution is 6.03. The number of ether oxygens (including phenoxy) is 1. The van der Waals surface area contributed by atoms with E-state index >= 15 is 0 Å². The molecule has 1 aliphatic heterocycles. The number of nitrogens with two attached hydrogens (primary N) is 1. The monoisotopic (exact) mass is 284 g/mol. The summed E-state index contributed by atoms with van der Waals surface area (Å²) in [5.74, 6) is 0.319. The molecule has 0 saturated carbocycles. The molecule has 3 rings (SSSR count). The molecule has 1 aromatic carbocycles. The number of carbonyl (C=O) groups is 1. The lowest BCUT2D eigenvalue weighted by atomic mass is 10.0. The number of methoxy groups -OCH3 is 1. The number of hydrogen-bond acceptors (Lipinski definition) is 4. The minimum absolute atomic E-state index is 0.319. The summed E-state index contributed by atoms with van der Waals surface area (Å²) in [5, 5.41) is 1.01. The third kappa shape index (κ3) is 2.45. The molecule has 1 atom stereocenters. The van der Waals surface area contributed by atoms with Crippen LogP contribution in [0.1, 0.15) is 11.6 Å². The van der Waals surface area contributed by atoms with Crippen molar-refractivity contribution in [1.82, 2.24) is 9.88 Å². The van der Waals surface area contributed by atoms with Crippen LogP contribution >= 0.6 is 0 Å². The van der Waals surface area contributed by atoms with E-state index in [0.717, 1.165) is 16.5 Å². The summed E-state index contributed by atoms with van der Waals surface area (Å²) in [5.41, 5.74) is 7.78. The van der Waals surface area contributed by atoms with Crippen molar-refractivity contribution in [3.63, 3.8) is 0 Å². The average Bonchev–Trinajstić information content (AvgIpc) is 2.78. The second-order valence-electron chi connectivity index (χ2n) is 4.86. The maximum atomic E-state index is 11.9. The summed E-state index contributed by atoms with van der Waals surface area (Å²) >= 11 is 0. The van der Waals surface area contributed by atoms with Gasteiger partial charge in [0.1, 0.15) is 11.9 Å². The third-order valence-corrected chi connectivity index (χ3v) is 3.54. The van der Waals surface area contributed by atoms with Crippen LogP contribution in [0.5, 0.6) is 0 Å². The lowest BCUT2D eigenvalue weighted by molar-refractivity contribution is 0.150. The number of rotatable bonds is 4. The topological polar surface area (TPSA) is 80.8 Å². The van der Waals surface area contributed by atoms with Crippen molar-refractivity contribution < 1.29 is 9.53 Å². The molecule has 1 aromatic heterocycles. The number of aromatic nitrogens is 1. The Morgan fingerprint density at radius 1 is 1.38 bits per heavy atom. The highest BCUT2D eigenvalue weighted by Gasteiger charge is 2.34. The summed E-state index contributed by atoms with van der Waals surface area (Å²) in [7, 11) is 1.60. The van der Waals surface area contributed by atoms with Gasteiger partial charge in [0.2, 0.25) is 0 Å². The van der Waals surface area contributed by atoms with Crippen molar-refractivity contribution in [2.24, 2.45) is 10.7 Å². The molecule has 2 aromatic rings. The normalized spacial score (nSPS) is 18.3. The number of benzene rings is 1. The van der Waals surface area contributed by atoms with Crippen molar-refractivity contribution in [2.75, 3.05) is 20.3 Å². The van der Waals surface area contributed by atoms with Gasteiger partial charge >= 0.3 is 6.03 Å². The van der Waals surface area contributed by atoms with Crippen molar-refractivity contribution in [3.05, 3.63) is 42.1 Å². The lowest BCUT2D eigenvalue weighted by Gasteiger charge is -2.24. The molecule has 0 fully saturated rings. The minimum atomic E-state index is -0.336. The largest absolute Gasteiger partial charge is 0.385 e. The molecule has 2 N–H and O–H groups in total. The highest BCUT2D eigenvalue weighted by atomic mass is 16.5. The Hall–Kier alpha value is -2.47. The molecule has 2 amide bonds. The minimum Gasteiger partial charge on any atom is -0.385 e. The summed E-state index contributed by atoms with van der Waals surface area (Å²) in [6.07, 6.45) is 1.75. The van der Waals surface area contributed by atoms with Crippen LogP contribution in [-0.2, 0) is 4.74 Å². The van der Waals surface area contributed by atoms with Gasteiger partial charge in [0, 0.05) is 25.2 Å². The van der Waals surface area contributed by atoms with Gasteiger partial charge in [-0.3, -0.25) is 4.98 Å². The molecule has 0 saturated heterocycles. The van der Waals surface area contributed by atoms with Gasteiger partial charge in [-0.25, -0.2) is 4.79 Å². The lowest BCUT2D eigenvalue weighted by Crippen LogP contribution is -2.35. The Labute approximate surface area is 122 Å². The Morgan fingerprint density at radius 2 is 2.24 bits per heavy atom. The number of nitrogens with zero attached hydrogens (tertiary/aromatic N) is 3. The van der Waals surface area contributed by atoms with E-state index in [9.17, 15) is 4.79 Å². The number of carbonyl (C=O) groups excluding carboxylic acids is 1. The van der Waals surface area contributed by atoms with Gasteiger partial charge in [-0.2, -0.15) is 4.99 Å². The number of urea groups is 1. The Balaban J connectivity index is 1.98. The molecule has 21 heavy (non-hydrogen) atoms. The van der Waals surface area contributed by atoms with Gasteiger partial charge in [0.15, 0.2) is 0 Å². The standard InChI is InChI=1S/C15H16N4O2/c1-21-8-7-19-13(14(16)18-15(19)20)11-4-5-12-10(9-11)3-2-6-17-12/h2-6,9,13H,7-8H2,1H3,(H2,16,18,20). The van der Waals surface area contributed by atoms with E-state index in [-0.39, 0.29) is 12.1 Å². The maximum absolute atomic E-state index is 11.9. The molecule has 0 radical (unpaired) electrons. The van der Waals surface area contributed by atoms with Gasteiger partial charge in [-0.05, 0) is 23.8 Å². The zero-order valence-electron chi connectivity index (χ0n) is 11.7. The molecule has 0 aliphatic carbocycles. The van der Waals surface area contributed by atoms with Crippen molar-refractivity contribution >= 4 is 22.8 Å². The number of amidine groups is 1. The third-order valence-electron chi connectivity index (χ3n) is 3.54. The van der Waals surface area contributed by atoms with Crippen LogP contribution in [0.3, 0.4) is 0 Å². The predicted molar refractivity (Wildman–Crippen MR) is 80.1 cm³/mol. The summed E-state index contributed by atoms with van der Waals surface area (Å²) in [6.45, 7) is 0.898. The molecule has 0 bridgehead atoms. The van der Waals surface area contributed by atoms with Crippen molar-refractivity contribution in [3.8, 4) is 0 Å². The first-order valence-corrected chi connectivity index (χ1v) is 6.69. The van der Waals surface area contributed by atoms with E-state index < -0.39 is 0 Å². The van der Waals surface area contributed by atoms with Crippen LogP contribution in [0.25, 0.3) is 10.9 Å². The number of fused-ring (bicyclic) bond motifs is 1. The Kier molecular flexibility index (Phi) is 3.53. The maximum Gasteiger partial charge on any atom is 0.346 e. The van der Waals surface area contributed by atoms with E-state index in [1.165, 1.54) is 0 Å². The highest BCUT2D eigenvalue weighted by Crippen LogP contribution is 2.28. The van der Waals surface area contributed by atoms with Crippen LogP contribution in [0, 0.1) is 0 Å². The molecule has 2 heterocycles. The quantitative estimate of drug-likeness (QED) is 0.926. The molecule has 1 unspecified atom stereocenters. The van der Waals surface area contributed by atoms with Crippen LogP contribution in [0.15, 0.2) is 41.5 Å². The number of hydrogen-bond donors (Lipinski definition) is 1. The molecule has 6 nitrogen and oxygen atoms in total. The average molecular weight is 284 g/mol. The number of aliphatic imine (C=N–C) groups is 1. The second-order valence-corrected chi connectivity index (χ2v) is 4.86. The van der Waals surface area contributed by atoms with E-state index in [2.05, 4.69) is 9.98 Å². The van der Waals surface area contributed by atoms with Crippen molar-refractivity contribution in [1.29, 1.82) is 0 Å². The molecule has 108 valence electrons. The first-order chi connectivity index (χ1) is 10.2. The van der Waals surface area contributed by atoms with Gasteiger partial charge < -0.3 is 15.4 Å². The van der Waals surface area contributed by atoms with Crippen LogP contribution in [0.4, 0.5) is 4.79 Å². The molecule has 1 aliphatic rings. The van der Waals surface area contributed by atoms with E-state index in [1.54, 1.807) is 18.2 Å². The summed E-state index contributed by atoms with van der Waals surface area (Å²) < 4.78 is 5.05. The number of amides is 2. The predicted octanol–water partition coefficient (Wildman–Crippen LogP) is 1.72. The zero-order chi connectivity index (χ0) is 14.8. The molecular formula is C15H16N4O2. The fourth-order valence-electron chi connectivity index (χ4n) is 2.54. The smallest absolute Gasteiger partial charge is 0.346 e. The second kappa shape index (κ2) is 5.49. The van der Waals surface area contributed by atoms with Crippen LogP contribution in [0.2, 0.25) is 0 Å². The SMILES string of the molecule is COCCN1C(=O)N=C(N)C1c1ccc2ncccc2c1. The van der Waals surface area contributed by atoms with Gasteiger partial charge in [-0.1, -0.05) is 12.1 Å². The molecular weight excluding hydrogens is 268 g/mol.